The van der Waals surface area contributed by atoms with Gasteiger partial charge in [-0.15, -0.1) is 5.06 Å². The lowest BCUT2D eigenvalue weighted by molar-refractivity contribution is -0.228. The fourth-order valence-electron chi connectivity index (χ4n) is 8.23. The van der Waals surface area contributed by atoms with Gasteiger partial charge in [0.2, 0.25) is 5.91 Å². The zero-order valence-corrected chi connectivity index (χ0v) is 24.9. The summed E-state index contributed by atoms with van der Waals surface area (Å²) in [5.74, 6) is -2.53. The van der Waals surface area contributed by atoms with Crippen LogP contribution in [-0.4, -0.2) is 74.3 Å². The van der Waals surface area contributed by atoms with Crippen molar-refractivity contribution in [3.05, 3.63) is 65.9 Å². The Labute approximate surface area is 258 Å². The number of aromatic amines is 1. The molecular weight excluding hydrogens is 586 g/mol. The molecule has 238 valence electrons. The number of aromatic nitrogens is 1. The third-order valence-corrected chi connectivity index (χ3v) is 10.1. The number of amides is 2. The number of hydrogen-bond donors (Lipinski definition) is 3. The number of hydrogen-bond acceptors (Lipinski definition) is 6. The lowest BCUT2D eigenvalue weighted by atomic mass is 9.64. The van der Waals surface area contributed by atoms with E-state index in [-0.39, 0.29) is 37.2 Å². The molecule has 0 unspecified atom stereocenters. The molecule has 3 saturated heterocycles. The van der Waals surface area contributed by atoms with Crippen molar-refractivity contribution < 1.29 is 37.8 Å². The minimum absolute atomic E-state index is 0.0445. The van der Waals surface area contributed by atoms with Crippen molar-refractivity contribution in [2.75, 3.05) is 6.54 Å². The van der Waals surface area contributed by atoms with Gasteiger partial charge in [0.1, 0.15) is 23.5 Å². The molecule has 45 heavy (non-hydrogen) atoms. The number of halogens is 2. The number of benzene rings is 2. The normalized spacial score (nSPS) is 28.6. The molecule has 8 rings (SSSR count). The number of H-pyrrole nitrogens is 1. The molecular formula is C33H36F2N4O6. The zero-order chi connectivity index (χ0) is 31.5. The van der Waals surface area contributed by atoms with E-state index in [1.807, 2.05) is 29.3 Å². The maximum Gasteiger partial charge on any atom is 0.427 e. The molecule has 4 bridgehead atoms. The number of ether oxygens (including phenoxy) is 1. The highest BCUT2D eigenvalue weighted by Gasteiger charge is 2.51. The molecule has 3 atom stereocenters. The van der Waals surface area contributed by atoms with Crippen LogP contribution in [0.3, 0.4) is 0 Å². The first-order chi connectivity index (χ1) is 21.6. The van der Waals surface area contributed by atoms with Crippen LogP contribution >= 0.6 is 0 Å². The number of hydroxylamine groups is 2. The summed E-state index contributed by atoms with van der Waals surface area (Å²) in [6.45, 7) is 1.39. The highest BCUT2D eigenvalue weighted by Crippen LogP contribution is 2.49. The van der Waals surface area contributed by atoms with Gasteiger partial charge in [0.25, 0.3) is 0 Å². The monoisotopic (exact) mass is 622 g/mol. The van der Waals surface area contributed by atoms with E-state index in [9.17, 15) is 28.3 Å². The molecule has 3 aromatic rings. The second kappa shape index (κ2) is 11.3. The van der Waals surface area contributed by atoms with E-state index in [2.05, 4.69) is 10.3 Å². The maximum absolute atomic E-state index is 14.4. The highest BCUT2D eigenvalue weighted by molar-refractivity contribution is 5.94. The van der Waals surface area contributed by atoms with Crippen molar-refractivity contribution in [3.8, 4) is 5.75 Å². The van der Waals surface area contributed by atoms with Crippen LogP contribution in [0.5, 0.6) is 5.75 Å². The number of carboxylic acids is 1. The summed E-state index contributed by atoms with van der Waals surface area (Å²) in [6, 6.07) is 9.42. The van der Waals surface area contributed by atoms with Crippen LogP contribution in [0.4, 0.5) is 13.6 Å². The van der Waals surface area contributed by atoms with E-state index in [1.165, 1.54) is 6.42 Å². The molecule has 2 aliphatic carbocycles. The average Bonchev–Trinajstić information content (AvgIpc) is 3.60. The number of aliphatic carboxylic acids is 1. The molecule has 1 aromatic heterocycles. The van der Waals surface area contributed by atoms with Crippen molar-refractivity contribution in [2.24, 2.45) is 11.8 Å². The Balaban J connectivity index is 1.15. The Morgan fingerprint density at radius 1 is 1.02 bits per heavy atom. The fraction of sp³-hybridized carbons (Fsp3) is 0.485. The Morgan fingerprint density at radius 3 is 2.42 bits per heavy atom. The standard InChI is InChI=1S/C33H36F2N4O6/c1-33(15-20-16-36-27-5-3-2-4-25(20)27,37-32(43)45-39-22-9-18-8-19(11-22)12-23(39)10-18)31(42)38-17-24(14-28(38)30(40)41)44-29-7-6-21(34)13-26(29)35/h2-7,13,16,18-19,22-24,28,36H,8-12,14-15,17H2,1H3,(H,37,43)(H,40,41)/t18?,19?,22?,23?,24-,28-,33-/m1/s1. The molecule has 2 aromatic carbocycles. The molecule has 5 aliphatic rings. The summed E-state index contributed by atoms with van der Waals surface area (Å²) in [5, 5.41) is 15.6. The Morgan fingerprint density at radius 2 is 1.73 bits per heavy atom. The summed E-state index contributed by atoms with van der Waals surface area (Å²) in [4.78, 5) is 50.7. The minimum Gasteiger partial charge on any atom is -0.485 e. The van der Waals surface area contributed by atoms with Gasteiger partial charge in [0, 0.05) is 48.1 Å². The van der Waals surface area contributed by atoms with Crippen molar-refractivity contribution in [1.82, 2.24) is 20.3 Å². The maximum atomic E-state index is 14.4. The van der Waals surface area contributed by atoms with Crippen LogP contribution in [0.1, 0.15) is 51.0 Å². The van der Waals surface area contributed by atoms with Gasteiger partial charge in [-0.05, 0) is 74.6 Å². The summed E-state index contributed by atoms with van der Waals surface area (Å²) < 4.78 is 33.5. The quantitative estimate of drug-likeness (QED) is 0.330. The number of nitrogens with one attached hydrogen (secondary N) is 2. The number of fused-ring (bicyclic) bond motifs is 1. The van der Waals surface area contributed by atoms with E-state index in [4.69, 9.17) is 9.57 Å². The number of nitrogens with zero attached hydrogens (tertiary/aromatic N) is 2. The van der Waals surface area contributed by atoms with Gasteiger partial charge >= 0.3 is 12.1 Å². The number of para-hydroxylation sites is 1. The topological polar surface area (TPSA) is 124 Å². The van der Waals surface area contributed by atoms with Crippen LogP contribution in [-0.2, 0) is 20.8 Å². The van der Waals surface area contributed by atoms with E-state index >= 15 is 0 Å². The summed E-state index contributed by atoms with van der Waals surface area (Å²) >= 11 is 0. The number of carbonyl (C=O) groups is 3. The van der Waals surface area contributed by atoms with Crippen LogP contribution < -0.4 is 10.1 Å². The van der Waals surface area contributed by atoms with Crippen LogP contribution in [0.25, 0.3) is 10.9 Å². The molecule has 12 heteroatoms. The van der Waals surface area contributed by atoms with Gasteiger partial charge < -0.3 is 29.9 Å². The number of carbonyl (C=O) groups excluding carboxylic acids is 2. The van der Waals surface area contributed by atoms with E-state index in [1.54, 1.807) is 13.1 Å². The van der Waals surface area contributed by atoms with Gasteiger partial charge in [-0.25, -0.2) is 18.4 Å². The summed E-state index contributed by atoms with van der Waals surface area (Å²) in [5.41, 5.74) is -0.00777. The van der Waals surface area contributed by atoms with Crippen molar-refractivity contribution >= 4 is 28.9 Å². The second-order valence-corrected chi connectivity index (χ2v) is 13.3. The Kier molecular flexibility index (Phi) is 7.42. The molecule has 2 saturated carbocycles. The summed E-state index contributed by atoms with van der Waals surface area (Å²) in [7, 11) is 0. The van der Waals surface area contributed by atoms with Gasteiger partial charge in [0.15, 0.2) is 11.6 Å². The third kappa shape index (κ3) is 5.60. The van der Waals surface area contributed by atoms with Crippen LogP contribution in [0.2, 0.25) is 0 Å². The number of rotatable bonds is 8. The van der Waals surface area contributed by atoms with Crippen LogP contribution in [0, 0.1) is 23.5 Å². The first-order valence-corrected chi connectivity index (χ1v) is 15.6. The van der Waals surface area contributed by atoms with E-state index in [0.717, 1.165) is 59.2 Å². The van der Waals surface area contributed by atoms with Crippen molar-refractivity contribution in [3.63, 3.8) is 0 Å². The molecule has 3 aliphatic heterocycles. The number of likely N-dealkylation sites (tertiary alicyclic amines) is 1. The largest absolute Gasteiger partial charge is 0.485 e. The van der Waals surface area contributed by atoms with Gasteiger partial charge in [0.05, 0.1) is 6.54 Å². The molecule has 0 radical (unpaired) electrons. The Hall–Kier alpha value is -4.19. The van der Waals surface area contributed by atoms with Gasteiger partial charge in [-0.3, -0.25) is 4.79 Å². The first kappa shape index (κ1) is 29.5. The highest BCUT2D eigenvalue weighted by atomic mass is 19.1. The molecule has 4 heterocycles. The molecule has 2 amide bonds. The smallest absolute Gasteiger partial charge is 0.427 e. The number of carboxylic acid groups (broad SMARTS) is 1. The predicted molar refractivity (Wildman–Crippen MR) is 158 cm³/mol. The van der Waals surface area contributed by atoms with E-state index < -0.39 is 47.3 Å². The lowest BCUT2D eigenvalue weighted by Gasteiger charge is -2.54. The van der Waals surface area contributed by atoms with Gasteiger partial charge in [-0.1, -0.05) is 18.2 Å². The predicted octanol–water partition coefficient (Wildman–Crippen LogP) is 4.78. The third-order valence-electron chi connectivity index (χ3n) is 10.1. The SMILES string of the molecule is C[C@](Cc1c[nH]c2ccccc12)(NC(=O)ON1C2CC3CC(C2)CC1C3)C(=O)N1C[C@H](Oc2ccc(F)cc2F)C[C@@H]1C(=O)O. The van der Waals surface area contributed by atoms with Crippen LogP contribution in [0.15, 0.2) is 48.7 Å². The zero-order valence-electron chi connectivity index (χ0n) is 24.9. The summed E-state index contributed by atoms with van der Waals surface area (Å²) in [6.07, 6.45) is 5.21. The second-order valence-electron chi connectivity index (χ2n) is 13.3. The molecule has 10 nitrogen and oxygen atoms in total. The number of piperidine rings is 2. The average molecular weight is 623 g/mol. The molecule has 0 spiro atoms. The lowest BCUT2D eigenvalue weighted by Crippen LogP contribution is -2.63. The minimum atomic E-state index is -1.61. The molecule has 3 N–H and O–H groups in total. The molecule has 5 fully saturated rings. The van der Waals surface area contributed by atoms with Gasteiger partial charge in [-0.2, -0.15) is 0 Å². The first-order valence-electron chi connectivity index (χ1n) is 15.6. The van der Waals surface area contributed by atoms with Crippen molar-refractivity contribution in [2.45, 2.75) is 81.6 Å². The Bertz CT molecular complexity index is 1620. The van der Waals surface area contributed by atoms with E-state index in [0.29, 0.717) is 17.9 Å². The van der Waals surface area contributed by atoms with Crippen molar-refractivity contribution in [1.29, 1.82) is 0 Å². The fourth-order valence-corrected chi connectivity index (χ4v) is 8.23.